The Bertz CT molecular complexity index is 628. The van der Waals surface area contributed by atoms with E-state index in [0.717, 1.165) is 22.9 Å². The van der Waals surface area contributed by atoms with Gasteiger partial charge in [0.15, 0.2) is 0 Å². The first-order valence-electron chi connectivity index (χ1n) is 7.88. The van der Waals surface area contributed by atoms with Crippen LogP contribution in [-0.2, 0) is 10.0 Å². The predicted molar refractivity (Wildman–Crippen MR) is 90.3 cm³/mol. The van der Waals surface area contributed by atoms with Crippen molar-refractivity contribution in [2.24, 2.45) is 0 Å². The van der Waals surface area contributed by atoms with Crippen LogP contribution in [0.25, 0.3) is 0 Å². The summed E-state index contributed by atoms with van der Waals surface area (Å²) in [6.07, 6.45) is 4.89. The number of likely N-dealkylation sites (tertiary alicyclic amines) is 1. The molecular weight excluding hydrogens is 332 g/mol. The van der Waals surface area contributed by atoms with Crippen molar-refractivity contribution in [3.8, 4) is 5.75 Å². The van der Waals surface area contributed by atoms with E-state index in [9.17, 15) is 13.2 Å². The fourth-order valence-electron chi connectivity index (χ4n) is 2.37. The van der Waals surface area contributed by atoms with Crippen LogP contribution in [-0.4, -0.2) is 74.2 Å². The van der Waals surface area contributed by atoms with Gasteiger partial charge in [0.2, 0.25) is 10.0 Å². The summed E-state index contributed by atoms with van der Waals surface area (Å²) in [6.45, 7) is 1.26. The van der Waals surface area contributed by atoms with Crippen molar-refractivity contribution in [2.75, 3.05) is 39.5 Å². The second kappa shape index (κ2) is 8.29. The first-order valence-corrected chi connectivity index (χ1v) is 9.49. The number of ether oxygens (including phenoxy) is 1. The molecule has 2 amide bonds. The molecule has 9 heteroatoms. The normalized spacial score (nSPS) is 16.2. The number of sulfonamides is 1. The van der Waals surface area contributed by atoms with E-state index in [-0.39, 0.29) is 24.4 Å². The molecule has 0 atom stereocenters. The molecule has 0 aliphatic carbocycles. The first-order chi connectivity index (χ1) is 11.4. The minimum absolute atomic E-state index is 0.0624. The van der Waals surface area contributed by atoms with Crippen molar-refractivity contribution in [2.45, 2.75) is 18.9 Å². The van der Waals surface area contributed by atoms with Gasteiger partial charge in [-0.3, -0.25) is 4.98 Å². The van der Waals surface area contributed by atoms with Gasteiger partial charge in [-0.05, 0) is 12.1 Å². The minimum atomic E-state index is -3.29. The zero-order valence-corrected chi connectivity index (χ0v) is 14.8. The number of carbonyl (C=O) groups is 1. The zero-order valence-electron chi connectivity index (χ0n) is 14.0. The Hall–Kier alpha value is -1.87. The standard InChI is InChI=1S/C15H24N4O4S/c1-18(2)24(21,22)11-8-17-15(20)19-9-5-13(6-10-19)23-14-4-3-7-16-12-14/h3-4,7,12-13H,5-6,8-11H2,1-2H3,(H,17,20). The van der Waals surface area contributed by atoms with Crippen LogP contribution in [0.2, 0.25) is 0 Å². The lowest BCUT2D eigenvalue weighted by Crippen LogP contribution is -2.47. The van der Waals surface area contributed by atoms with Gasteiger partial charge in [0.05, 0.1) is 11.9 Å². The van der Waals surface area contributed by atoms with Gasteiger partial charge in [-0.1, -0.05) is 0 Å². The van der Waals surface area contributed by atoms with E-state index in [4.69, 9.17) is 4.74 Å². The first kappa shape index (κ1) is 18.5. The van der Waals surface area contributed by atoms with E-state index >= 15 is 0 Å². The SMILES string of the molecule is CN(C)S(=O)(=O)CCNC(=O)N1CCC(Oc2cccnc2)CC1. The van der Waals surface area contributed by atoms with Crippen LogP contribution in [0, 0.1) is 0 Å². The number of amides is 2. The molecule has 0 aromatic carbocycles. The van der Waals surface area contributed by atoms with E-state index in [0.29, 0.717) is 13.1 Å². The summed E-state index contributed by atoms with van der Waals surface area (Å²) in [5.41, 5.74) is 0. The van der Waals surface area contributed by atoms with Gasteiger partial charge >= 0.3 is 6.03 Å². The van der Waals surface area contributed by atoms with E-state index in [1.807, 2.05) is 12.1 Å². The number of nitrogens with zero attached hydrogens (tertiary/aromatic N) is 3. The molecule has 1 saturated heterocycles. The van der Waals surface area contributed by atoms with E-state index < -0.39 is 10.0 Å². The van der Waals surface area contributed by atoms with Crippen molar-refractivity contribution < 1.29 is 17.9 Å². The Labute approximate surface area is 142 Å². The second-order valence-electron chi connectivity index (χ2n) is 5.82. The maximum Gasteiger partial charge on any atom is 0.317 e. The number of piperidine rings is 1. The minimum Gasteiger partial charge on any atom is -0.489 e. The van der Waals surface area contributed by atoms with Crippen LogP contribution >= 0.6 is 0 Å². The van der Waals surface area contributed by atoms with Crippen molar-refractivity contribution in [3.63, 3.8) is 0 Å². The number of hydrogen-bond donors (Lipinski definition) is 1. The Morgan fingerprint density at radius 3 is 2.71 bits per heavy atom. The van der Waals surface area contributed by atoms with Crippen molar-refractivity contribution in [1.29, 1.82) is 0 Å². The Morgan fingerprint density at radius 1 is 1.42 bits per heavy atom. The zero-order chi connectivity index (χ0) is 17.6. The number of hydrogen-bond acceptors (Lipinski definition) is 5. The quantitative estimate of drug-likeness (QED) is 0.803. The summed E-state index contributed by atoms with van der Waals surface area (Å²) in [5, 5.41) is 2.66. The fraction of sp³-hybridized carbons (Fsp3) is 0.600. The lowest BCUT2D eigenvalue weighted by molar-refractivity contribution is 0.111. The van der Waals surface area contributed by atoms with Gasteiger partial charge < -0.3 is 15.0 Å². The Morgan fingerprint density at radius 2 is 2.12 bits per heavy atom. The van der Waals surface area contributed by atoms with Gasteiger partial charge in [0.25, 0.3) is 0 Å². The molecule has 1 aromatic rings. The number of urea groups is 1. The van der Waals surface area contributed by atoms with Crippen molar-refractivity contribution in [3.05, 3.63) is 24.5 Å². The molecule has 0 radical (unpaired) electrons. The summed E-state index contributed by atoms with van der Waals surface area (Å²) in [4.78, 5) is 17.8. The van der Waals surface area contributed by atoms with Crippen LogP contribution in [0.3, 0.4) is 0 Å². The van der Waals surface area contributed by atoms with Crippen LogP contribution < -0.4 is 10.1 Å². The maximum atomic E-state index is 12.1. The number of aromatic nitrogens is 1. The second-order valence-corrected chi connectivity index (χ2v) is 8.13. The van der Waals surface area contributed by atoms with E-state index in [2.05, 4.69) is 10.3 Å². The summed E-state index contributed by atoms with van der Waals surface area (Å²) < 4.78 is 30.3. The molecule has 0 unspecified atom stereocenters. The highest BCUT2D eigenvalue weighted by atomic mass is 32.2. The van der Waals surface area contributed by atoms with Gasteiger partial charge in [0.1, 0.15) is 11.9 Å². The third-order valence-electron chi connectivity index (χ3n) is 3.86. The molecular formula is C15H24N4O4S. The largest absolute Gasteiger partial charge is 0.489 e. The number of carbonyl (C=O) groups excluding carboxylic acids is 1. The fourth-order valence-corrected chi connectivity index (χ4v) is 3.09. The van der Waals surface area contributed by atoms with E-state index in [1.54, 1.807) is 17.3 Å². The van der Waals surface area contributed by atoms with Crippen LogP contribution in [0.4, 0.5) is 4.79 Å². The number of rotatable bonds is 6. The van der Waals surface area contributed by atoms with Crippen molar-refractivity contribution in [1.82, 2.24) is 19.5 Å². The lowest BCUT2D eigenvalue weighted by Gasteiger charge is -2.32. The summed E-state index contributed by atoms with van der Waals surface area (Å²) >= 11 is 0. The van der Waals surface area contributed by atoms with Crippen LogP contribution in [0.15, 0.2) is 24.5 Å². The molecule has 1 aromatic heterocycles. The van der Waals surface area contributed by atoms with Crippen LogP contribution in [0.1, 0.15) is 12.8 Å². The van der Waals surface area contributed by atoms with Crippen molar-refractivity contribution >= 4 is 16.1 Å². The lowest BCUT2D eigenvalue weighted by atomic mass is 10.1. The molecule has 24 heavy (non-hydrogen) atoms. The third kappa shape index (κ3) is 5.34. The molecule has 0 spiro atoms. The van der Waals surface area contributed by atoms with Gasteiger partial charge in [-0.25, -0.2) is 17.5 Å². The third-order valence-corrected chi connectivity index (χ3v) is 5.69. The van der Waals surface area contributed by atoms with Gasteiger partial charge in [-0.15, -0.1) is 0 Å². The molecule has 1 aliphatic rings. The highest BCUT2D eigenvalue weighted by molar-refractivity contribution is 7.89. The van der Waals surface area contributed by atoms with Gasteiger partial charge in [0, 0.05) is 52.8 Å². The number of pyridine rings is 1. The summed E-state index contributed by atoms with van der Waals surface area (Å²) in [7, 11) is -0.341. The molecule has 134 valence electrons. The van der Waals surface area contributed by atoms with Gasteiger partial charge in [-0.2, -0.15) is 0 Å². The molecule has 0 saturated carbocycles. The smallest absolute Gasteiger partial charge is 0.317 e. The molecule has 2 heterocycles. The topological polar surface area (TPSA) is 91.8 Å². The molecule has 1 fully saturated rings. The predicted octanol–water partition coefficient (Wildman–Crippen LogP) is 0.526. The Balaban J connectivity index is 1.71. The molecule has 1 aliphatic heterocycles. The summed E-state index contributed by atoms with van der Waals surface area (Å²) in [6, 6.07) is 3.44. The molecule has 8 nitrogen and oxygen atoms in total. The monoisotopic (exact) mass is 356 g/mol. The highest BCUT2D eigenvalue weighted by Gasteiger charge is 2.24. The average Bonchev–Trinajstić information content (AvgIpc) is 2.56. The molecule has 2 rings (SSSR count). The van der Waals surface area contributed by atoms with E-state index in [1.165, 1.54) is 14.1 Å². The Kier molecular flexibility index (Phi) is 6.38. The molecule has 1 N–H and O–H groups in total. The molecule has 0 bridgehead atoms. The highest BCUT2D eigenvalue weighted by Crippen LogP contribution is 2.17. The summed E-state index contributed by atoms with van der Waals surface area (Å²) in [5.74, 6) is 0.626. The van der Waals surface area contributed by atoms with Crippen LogP contribution in [0.5, 0.6) is 5.75 Å². The number of nitrogens with one attached hydrogen (secondary N) is 1. The average molecular weight is 356 g/mol. The maximum absolute atomic E-state index is 12.1.